The molecule has 1 aliphatic carbocycles. The third kappa shape index (κ3) is 6.17. The molecule has 2 aliphatic heterocycles. The minimum Gasteiger partial charge on any atom is -0.461 e. The lowest BCUT2D eigenvalue weighted by Gasteiger charge is -2.30. The van der Waals surface area contributed by atoms with Gasteiger partial charge in [-0.05, 0) is 77.3 Å². The van der Waals surface area contributed by atoms with Gasteiger partial charge in [-0.2, -0.15) is 0 Å². The van der Waals surface area contributed by atoms with Crippen molar-refractivity contribution in [3.8, 4) is 5.69 Å². The number of rotatable bonds is 6. The van der Waals surface area contributed by atoms with Gasteiger partial charge in [0.2, 0.25) is 0 Å². The fraction of sp³-hybridized carbons (Fsp3) is 0.621. The highest BCUT2D eigenvalue weighted by atomic mass is 16.6. The second-order valence-corrected chi connectivity index (χ2v) is 11.7. The first-order chi connectivity index (χ1) is 17.8. The minimum atomic E-state index is -0.548. The predicted molar refractivity (Wildman–Crippen MR) is 141 cm³/mol. The van der Waals surface area contributed by atoms with Crippen molar-refractivity contribution in [2.24, 2.45) is 0 Å². The average molecular weight is 509 g/mol. The maximum atomic E-state index is 13.6. The lowest BCUT2D eigenvalue weighted by atomic mass is 9.97. The van der Waals surface area contributed by atoms with Gasteiger partial charge in [-0.15, -0.1) is 0 Å². The van der Waals surface area contributed by atoms with Gasteiger partial charge in [0, 0.05) is 36.9 Å². The number of benzene rings is 1. The molecule has 1 N–H and O–H groups in total. The maximum absolute atomic E-state index is 13.6. The van der Waals surface area contributed by atoms with Gasteiger partial charge in [0.15, 0.2) is 0 Å². The van der Waals surface area contributed by atoms with Crippen molar-refractivity contribution in [1.82, 2.24) is 19.8 Å². The number of imidazole rings is 1. The molecule has 200 valence electrons. The van der Waals surface area contributed by atoms with Crippen LogP contribution in [0.4, 0.5) is 4.79 Å². The Labute approximate surface area is 219 Å². The number of aromatic nitrogens is 2. The molecule has 1 aromatic carbocycles. The summed E-state index contributed by atoms with van der Waals surface area (Å²) in [5.41, 5.74) is 4.09. The summed E-state index contributed by atoms with van der Waals surface area (Å²) >= 11 is 0. The van der Waals surface area contributed by atoms with Crippen molar-refractivity contribution in [2.45, 2.75) is 102 Å². The summed E-state index contributed by atoms with van der Waals surface area (Å²) in [6, 6.07) is 7.94. The number of amides is 1. The Bertz CT molecular complexity index is 1120. The van der Waals surface area contributed by atoms with Crippen LogP contribution >= 0.6 is 0 Å². The first-order valence-corrected chi connectivity index (χ1v) is 13.8. The lowest BCUT2D eigenvalue weighted by molar-refractivity contribution is -0.156. The topological polar surface area (TPSA) is 85.7 Å². The van der Waals surface area contributed by atoms with E-state index in [1.165, 1.54) is 23.4 Å². The zero-order valence-corrected chi connectivity index (χ0v) is 22.4. The first-order valence-electron chi connectivity index (χ1n) is 13.8. The van der Waals surface area contributed by atoms with Gasteiger partial charge in [0.1, 0.15) is 17.7 Å². The molecular formula is C29H40N4O4. The van der Waals surface area contributed by atoms with Gasteiger partial charge >= 0.3 is 12.1 Å². The van der Waals surface area contributed by atoms with E-state index in [0.29, 0.717) is 19.5 Å². The summed E-state index contributed by atoms with van der Waals surface area (Å²) < 4.78 is 13.7. The molecule has 2 fully saturated rings. The fourth-order valence-electron chi connectivity index (χ4n) is 5.90. The summed E-state index contributed by atoms with van der Waals surface area (Å²) in [4.78, 5) is 32.9. The van der Waals surface area contributed by atoms with Crippen LogP contribution in [0.15, 0.2) is 30.6 Å². The molecule has 5 rings (SSSR count). The lowest BCUT2D eigenvalue weighted by Crippen LogP contribution is -2.46. The number of nitrogens with one attached hydrogen (secondary N) is 1. The van der Waals surface area contributed by atoms with E-state index in [9.17, 15) is 9.59 Å². The zero-order valence-electron chi connectivity index (χ0n) is 22.4. The largest absolute Gasteiger partial charge is 0.461 e. The standard InChI is InChI=1S/C29H40N4O4/c1-29(2,3)37-28(35)31-21-15-16-32(18-21)26(27(34)36-22-10-5-4-6-11-22)17-23-25-14-13-20-9-7-8-12-24(20)33(25)19-30-23/h7-9,12,19,21-22,26H,4-6,10-11,13-18H2,1-3H3,(H,31,35)/t21-,26-/m0/s1. The molecule has 1 saturated carbocycles. The Hall–Kier alpha value is -2.87. The molecule has 1 amide bonds. The van der Waals surface area contributed by atoms with Crippen LogP contribution in [-0.2, 0) is 33.5 Å². The molecule has 3 aliphatic rings. The molecule has 1 saturated heterocycles. The van der Waals surface area contributed by atoms with Crippen LogP contribution in [0.2, 0.25) is 0 Å². The van der Waals surface area contributed by atoms with Crippen LogP contribution in [0.25, 0.3) is 5.69 Å². The monoisotopic (exact) mass is 508 g/mol. The summed E-state index contributed by atoms with van der Waals surface area (Å²) in [6.45, 7) is 6.87. The second kappa shape index (κ2) is 10.9. The van der Waals surface area contributed by atoms with Crippen molar-refractivity contribution < 1.29 is 19.1 Å². The molecule has 3 heterocycles. The average Bonchev–Trinajstić information content (AvgIpc) is 3.49. The predicted octanol–water partition coefficient (Wildman–Crippen LogP) is 4.36. The molecule has 8 heteroatoms. The van der Waals surface area contributed by atoms with Crippen molar-refractivity contribution in [2.75, 3.05) is 13.1 Å². The van der Waals surface area contributed by atoms with Gasteiger partial charge in [-0.3, -0.25) is 9.69 Å². The first kappa shape index (κ1) is 25.8. The van der Waals surface area contributed by atoms with Crippen LogP contribution in [0.1, 0.15) is 76.2 Å². The van der Waals surface area contributed by atoms with E-state index in [2.05, 4.69) is 39.0 Å². The number of para-hydroxylation sites is 1. The van der Waals surface area contributed by atoms with E-state index < -0.39 is 17.7 Å². The van der Waals surface area contributed by atoms with Crippen LogP contribution in [0.5, 0.6) is 0 Å². The number of hydrogen-bond acceptors (Lipinski definition) is 6. The summed E-state index contributed by atoms with van der Waals surface area (Å²) in [5, 5.41) is 2.99. The SMILES string of the molecule is CC(C)(C)OC(=O)N[C@H]1CCN([C@@H](Cc2ncn3c2CCc2ccccc2-3)C(=O)OC2CCCCC2)C1. The molecule has 0 bridgehead atoms. The molecule has 37 heavy (non-hydrogen) atoms. The van der Waals surface area contributed by atoms with E-state index >= 15 is 0 Å². The Morgan fingerprint density at radius 3 is 2.68 bits per heavy atom. The Morgan fingerprint density at radius 1 is 1.11 bits per heavy atom. The zero-order chi connectivity index (χ0) is 26.0. The maximum Gasteiger partial charge on any atom is 0.407 e. The van der Waals surface area contributed by atoms with Crippen molar-refractivity contribution >= 4 is 12.1 Å². The molecule has 8 nitrogen and oxygen atoms in total. The van der Waals surface area contributed by atoms with E-state index in [4.69, 9.17) is 14.5 Å². The molecule has 0 unspecified atom stereocenters. The van der Waals surface area contributed by atoms with Gasteiger partial charge in [0.05, 0.1) is 12.0 Å². The number of carbonyl (C=O) groups is 2. The van der Waals surface area contributed by atoms with Gasteiger partial charge in [0.25, 0.3) is 0 Å². The van der Waals surface area contributed by atoms with Gasteiger partial charge in [-0.1, -0.05) is 24.6 Å². The second-order valence-electron chi connectivity index (χ2n) is 11.7. The molecule has 2 aromatic rings. The molecular weight excluding hydrogens is 468 g/mol. The summed E-state index contributed by atoms with van der Waals surface area (Å²) in [6.07, 6.45) is 9.95. The highest BCUT2D eigenvalue weighted by Gasteiger charge is 2.37. The van der Waals surface area contributed by atoms with Crippen LogP contribution in [0.3, 0.4) is 0 Å². The molecule has 0 spiro atoms. The third-order valence-corrected chi connectivity index (χ3v) is 7.71. The highest BCUT2D eigenvalue weighted by Crippen LogP contribution is 2.29. The number of hydrogen-bond donors (Lipinski definition) is 1. The van der Waals surface area contributed by atoms with E-state index in [1.807, 2.05) is 27.1 Å². The Balaban J connectivity index is 1.32. The number of ether oxygens (including phenoxy) is 2. The molecule has 0 radical (unpaired) electrons. The van der Waals surface area contributed by atoms with E-state index in [-0.39, 0.29) is 18.1 Å². The van der Waals surface area contributed by atoms with Crippen LogP contribution in [-0.4, -0.2) is 63.4 Å². The van der Waals surface area contributed by atoms with Crippen molar-refractivity contribution in [1.29, 1.82) is 0 Å². The number of esters is 1. The van der Waals surface area contributed by atoms with E-state index in [0.717, 1.165) is 50.6 Å². The quantitative estimate of drug-likeness (QED) is 0.584. The number of nitrogens with zero attached hydrogens (tertiary/aromatic N) is 3. The third-order valence-electron chi connectivity index (χ3n) is 7.71. The number of alkyl carbamates (subject to hydrolysis) is 1. The Kier molecular flexibility index (Phi) is 7.56. The number of carbonyl (C=O) groups excluding carboxylic acids is 2. The summed E-state index contributed by atoms with van der Waals surface area (Å²) in [5.74, 6) is -0.164. The molecule has 1 aromatic heterocycles. The van der Waals surface area contributed by atoms with Gasteiger partial charge < -0.3 is 19.4 Å². The number of likely N-dealkylation sites (tertiary alicyclic amines) is 1. The summed E-state index contributed by atoms with van der Waals surface area (Å²) in [7, 11) is 0. The van der Waals surface area contributed by atoms with Gasteiger partial charge in [-0.25, -0.2) is 9.78 Å². The van der Waals surface area contributed by atoms with Crippen molar-refractivity contribution in [3.63, 3.8) is 0 Å². The number of aryl methyl sites for hydroxylation is 1. The minimum absolute atomic E-state index is 0.00447. The normalized spacial score (nSPS) is 21.1. The number of fused-ring (bicyclic) bond motifs is 3. The van der Waals surface area contributed by atoms with Crippen molar-refractivity contribution in [3.05, 3.63) is 47.5 Å². The fourth-order valence-corrected chi connectivity index (χ4v) is 5.90. The van der Waals surface area contributed by atoms with Crippen LogP contribution in [0, 0.1) is 0 Å². The Morgan fingerprint density at radius 2 is 1.89 bits per heavy atom. The molecule has 2 atom stereocenters. The van der Waals surface area contributed by atoms with Crippen LogP contribution < -0.4 is 5.32 Å². The highest BCUT2D eigenvalue weighted by molar-refractivity contribution is 5.76. The smallest absolute Gasteiger partial charge is 0.407 e. The van der Waals surface area contributed by atoms with E-state index in [1.54, 1.807) is 0 Å².